The highest BCUT2D eigenvalue weighted by molar-refractivity contribution is 6.30. The van der Waals surface area contributed by atoms with Crippen LogP contribution in [0.3, 0.4) is 0 Å². The van der Waals surface area contributed by atoms with Crippen LogP contribution in [0.15, 0.2) is 95.5 Å². The van der Waals surface area contributed by atoms with Gasteiger partial charge in [0.1, 0.15) is 5.75 Å². The quantitative estimate of drug-likeness (QED) is 0.320. The third-order valence-electron chi connectivity index (χ3n) is 4.67. The largest absolute Gasteiger partial charge is 0.497 e. The van der Waals surface area contributed by atoms with E-state index in [1.807, 2.05) is 73.8 Å². The molecule has 0 aliphatic rings. The summed E-state index contributed by atoms with van der Waals surface area (Å²) in [6.45, 7) is 8.27. The van der Waals surface area contributed by atoms with Gasteiger partial charge in [-0.2, -0.15) is 0 Å². The molecule has 0 bridgehead atoms. The Morgan fingerprint density at radius 2 is 1.67 bits per heavy atom. The minimum Gasteiger partial charge on any atom is -0.497 e. The van der Waals surface area contributed by atoms with E-state index in [0.29, 0.717) is 5.02 Å². The second-order valence-corrected chi connectivity index (χ2v) is 7.41. The third kappa shape index (κ3) is 5.40. The maximum Gasteiger partial charge on any atom is 0.119 e. The molecular weight excluding hydrogens is 392 g/mol. The standard InChI is InChI=1S/C26H25ClN2O/c1-18(2)25(17-28-21-11-9-20(27)10-12-21)26(24-8-6-5-7-19(24)3)29-22-13-15-23(30-4)16-14-22/h5-17,29H,1H2,2-4H3/b26-25+,28-17+. The fourth-order valence-electron chi connectivity index (χ4n) is 3.01. The van der Waals surface area contributed by atoms with Crippen molar-refractivity contribution in [2.24, 2.45) is 4.99 Å². The fraction of sp³-hybridized carbons (Fsp3) is 0.115. The average Bonchev–Trinajstić information content (AvgIpc) is 2.75. The number of anilines is 1. The lowest BCUT2D eigenvalue weighted by Gasteiger charge is -2.18. The van der Waals surface area contributed by atoms with Crippen LogP contribution in [-0.2, 0) is 0 Å². The Bertz CT molecular complexity index is 1080. The molecule has 0 radical (unpaired) electrons. The minimum absolute atomic E-state index is 0.686. The summed E-state index contributed by atoms with van der Waals surface area (Å²) >= 11 is 5.99. The van der Waals surface area contributed by atoms with Crippen LogP contribution in [0.2, 0.25) is 5.02 Å². The van der Waals surface area contributed by atoms with E-state index in [4.69, 9.17) is 16.3 Å². The normalized spacial score (nSPS) is 11.9. The highest BCUT2D eigenvalue weighted by Crippen LogP contribution is 2.28. The number of ether oxygens (including phenoxy) is 1. The summed E-state index contributed by atoms with van der Waals surface area (Å²) in [5.41, 5.74) is 6.81. The number of aliphatic imine (C=N–C) groups is 1. The molecule has 1 N–H and O–H groups in total. The highest BCUT2D eigenvalue weighted by Gasteiger charge is 2.12. The van der Waals surface area contributed by atoms with Crippen LogP contribution in [0.4, 0.5) is 11.4 Å². The number of aryl methyl sites for hydroxylation is 1. The van der Waals surface area contributed by atoms with Crippen LogP contribution in [0.5, 0.6) is 5.75 Å². The highest BCUT2D eigenvalue weighted by atomic mass is 35.5. The lowest BCUT2D eigenvalue weighted by atomic mass is 9.98. The zero-order valence-electron chi connectivity index (χ0n) is 17.4. The van der Waals surface area contributed by atoms with E-state index >= 15 is 0 Å². The SMILES string of the molecule is C=C(C)C(/C=N/c1ccc(Cl)cc1)=C(/Nc1ccc(OC)cc1)c1ccccc1C. The molecule has 3 nitrogen and oxygen atoms in total. The zero-order valence-corrected chi connectivity index (χ0v) is 18.2. The number of rotatable bonds is 7. The van der Waals surface area contributed by atoms with Crippen molar-refractivity contribution < 1.29 is 4.74 Å². The number of benzene rings is 3. The molecule has 3 aromatic carbocycles. The Kier molecular flexibility index (Phi) is 7.10. The molecule has 0 spiro atoms. The number of nitrogens with zero attached hydrogens (tertiary/aromatic N) is 1. The van der Waals surface area contributed by atoms with Crippen molar-refractivity contribution in [1.29, 1.82) is 0 Å². The van der Waals surface area contributed by atoms with Crippen molar-refractivity contribution >= 4 is 34.9 Å². The van der Waals surface area contributed by atoms with Crippen molar-refractivity contribution in [2.75, 3.05) is 12.4 Å². The smallest absolute Gasteiger partial charge is 0.119 e. The molecule has 0 saturated carbocycles. The van der Waals surface area contributed by atoms with Gasteiger partial charge in [0.05, 0.1) is 18.5 Å². The van der Waals surface area contributed by atoms with Gasteiger partial charge in [0.25, 0.3) is 0 Å². The molecule has 152 valence electrons. The van der Waals surface area contributed by atoms with Crippen molar-refractivity contribution in [2.45, 2.75) is 13.8 Å². The van der Waals surface area contributed by atoms with Crippen LogP contribution in [-0.4, -0.2) is 13.3 Å². The van der Waals surface area contributed by atoms with Crippen LogP contribution in [0.25, 0.3) is 5.70 Å². The first-order valence-corrected chi connectivity index (χ1v) is 10.0. The molecule has 30 heavy (non-hydrogen) atoms. The molecule has 0 unspecified atom stereocenters. The summed E-state index contributed by atoms with van der Waals surface area (Å²) in [5.74, 6) is 0.811. The fourth-order valence-corrected chi connectivity index (χ4v) is 3.13. The van der Waals surface area contributed by atoms with Crippen LogP contribution in [0.1, 0.15) is 18.1 Å². The summed E-state index contributed by atoms with van der Waals surface area (Å²) in [7, 11) is 1.66. The number of methoxy groups -OCH3 is 1. The van der Waals surface area contributed by atoms with Crippen LogP contribution < -0.4 is 10.1 Å². The Labute approximate surface area is 183 Å². The van der Waals surface area contributed by atoms with E-state index in [-0.39, 0.29) is 0 Å². The molecule has 0 aromatic heterocycles. The molecule has 0 aliphatic heterocycles. The Balaban J connectivity index is 2.09. The summed E-state index contributed by atoms with van der Waals surface area (Å²) in [5, 5.41) is 4.25. The van der Waals surface area contributed by atoms with E-state index in [1.54, 1.807) is 7.11 Å². The Hall–Kier alpha value is -3.30. The molecule has 0 heterocycles. The van der Waals surface area contributed by atoms with Crippen LogP contribution >= 0.6 is 11.6 Å². The number of nitrogens with one attached hydrogen (secondary N) is 1. The Morgan fingerprint density at radius 1 is 1.00 bits per heavy atom. The number of halogens is 1. The Morgan fingerprint density at radius 3 is 2.27 bits per heavy atom. The van der Waals surface area contributed by atoms with Crippen molar-refractivity contribution in [3.05, 3.63) is 107 Å². The lowest BCUT2D eigenvalue weighted by molar-refractivity contribution is 0.415. The van der Waals surface area contributed by atoms with E-state index in [9.17, 15) is 0 Å². The molecule has 0 amide bonds. The van der Waals surface area contributed by atoms with Gasteiger partial charge < -0.3 is 10.1 Å². The first-order chi connectivity index (χ1) is 14.5. The molecule has 0 aliphatic carbocycles. The number of allylic oxidation sites excluding steroid dienone is 2. The second-order valence-electron chi connectivity index (χ2n) is 6.97. The number of hydrogen-bond acceptors (Lipinski definition) is 3. The predicted molar refractivity (Wildman–Crippen MR) is 129 cm³/mol. The van der Waals surface area contributed by atoms with Gasteiger partial charge in [0, 0.05) is 28.1 Å². The molecule has 3 aromatic rings. The summed E-state index contributed by atoms with van der Waals surface area (Å²) in [4.78, 5) is 4.65. The number of hydrogen-bond donors (Lipinski definition) is 1. The van der Waals surface area contributed by atoms with E-state index < -0.39 is 0 Å². The summed E-state index contributed by atoms with van der Waals surface area (Å²) in [6, 6.07) is 23.5. The summed E-state index contributed by atoms with van der Waals surface area (Å²) < 4.78 is 5.28. The van der Waals surface area contributed by atoms with Gasteiger partial charge in [-0.15, -0.1) is 0 Å². The third-order valence-corrected chi connectivity index (χ3v) is 4.92. The lowest BCUT2D eigenvalue weighted by Crippen LogP contribution is -2.06. The van der Waals surface area contributed by atoms with E-state index in [0.717, 1.165) is 45.1 Å². The molecule has 4 heteroatoms. The minimum atomic E-state index is 0.686. The molecule has 3 rings (SSSR count). The van der Waals surface area contributed by atoms with E-state index in [1.165, 1.54) is 0 Å². The monoisotopic (exact) mass is 416 g/mol. The maximum absolute atomic E-state index is 5.99. The summed E-state index contributed by atoms with van der Waals surface area (Å²) in [6.07, 6.45) is 1.85. The first kappa shape index (κ1) is 21.4. The van der Waals surface area contributed by atoms with Crippen molar-refractivity contribution in [1.82, 2.24) is 0 Å². The van der Waals surface area contributed by atoms with Gasteiger partial charge in [-0.05, 0) is 73.5 Å². The molecule has 0 atom stereocenters. The van der Waals surface area contributed by atoms with Crippen LogP contribution in [0, 0.1) is 6.92 Å². The van der Waals surface area contributed by atoms with Gasteiger partial charge in [-0.1, -0.05) is 42.4 Å². The average molecular weight is 417 g/mol. The van der Waals surface area contributed by atoms with E-state index in [2.05, 4.69) is 35.9 Å². The second kappa shape index (κ2) is 9.95. The topological polar surface area (TPSA) is 33.6 Å². The predicted octanol–water partition coefficient (Wildman–Crippen LogP) is 7.46. The van der Waals surface area contributed by atoms with Gasteiger partial charge in [0.2, 0.25) is 0 Å². The van der Waals surface area contributed by atoms with Crippen molar-refractivity contribution in [3.63, 3.8) is 0 Å². The van der Waals surface area contributed by atoms with Gasteiger partial charge in [-0.3, -0.25) is 4.99 Å². The van der Waals surface area contributed by atoms with Gasteiger partial charge in [0.15, 0.2) is 0 Å². The molecular formula is C26H25ClN2O. The van der Waals surface area contributed by atoms with Gasteiger partial charge in [-0.25, -0.2) is 0 Å². The maximum atomic E-state index is 5.99. The van der Waals surface area contributed by atoms with Gasteiger partial charge >= 0.3 is 0 Å². The molecule has 0 fully saturated rings. The first-order valence-electron chi connectivity index (χ1n) is 9.65. The molecule has 0 saturated heterocycles. The van der Waals surface area contributed by atoms with Crippen molar-refractivity contribution in [3.8, 4) is 5.75 Å². The zero-order chi connectivity index (χ0) is 21.5.